The number of nitrogens with one attached hydrogen (secondary N) is 1. The average molecular weight is 533 g/mol. The Morgan fingerprint density at radius 2 is 1.62 bits per heavy atom. The van der Waals surface area contributed by atoms with Crippen LogP contribution in [0.4, 0.5) is 9.18 Å². The maximum Gasteiger partial charge on any atom is 0.407 e. The van der Waals surface area contributed by atoms with E-state index in [1.165, 1.54) is 17.0 Å². The van der Waals surface area contributed by atoms with Crippen LogP contribution in [-0.4, -0.2) is 58.1 Å². The first-order chi connectivity index (χ1) is 18.9. The molecule has 2 amide bonds. The third-order valence-electron chi connectivity index (χ3n) is 7.60. The second-order valence-electron chi connectivity index (χ2n) is 10.1. The van der Waals surface area contributed by atoms with Crippen LogP contribution in [0, 0.1) is 5.82 Å². The molecule has 204 valence electrons. The molecule has 0 aliphatic carbocycles. The number of halogens is 1. The van der Waals surface area contributed by atoms with E-state index in [1.54, 1.807) is 24.5 Å². The van der Waals surface area contributed by atoms with Crippen molar-refractivity contribution in [2.75, 3.05) is 26.3 Å². The Kier molecular flexibility index (Phi) is 8.07. The molecule has 2 saturated heterocycles. The predicted molar refractivity (Wildman–Crippen MR) is 145 cm³/mol. The zero-order valence-electron chi connectivity index (χ0n) is 22.0. The van der Waals surface area contributed by atoms with Gasteiger partial charge in [-0.3, -0.25) is 9.48 Å². The van der Waals surface area contributed by atoms with Gasteiger partial charge in [0.2, 0.25) is 0 Å². The van der Waals surface area contributed by atoms with Gasteiger partial charge in [0.1, 0.15) is 5.82 Å². The summed E-state index contributed by atoms with van der Waals surface area (Å²) in [6.07, 6.45) is 5.52. The lowest BCUT2D eigenvalue weighted by molar-refractivity contribution is 0.0662. The molecule has 0 bridgehead atoms. The van der Waals surface area contributed by atoms with Gasteiger partial charge in [0.15, 0.2) is 0 Å². The molecule has 5 rings (SSSR count). The van der Waals surface area contributed by atoms with Gasteiger partial charge in [-0.15, -0.1) is 0 Å². The van der Waals surface area contributed by atoms with Gasteiger partial charge < -0.3 is 20.1 Å². The molecule has 3 aromatic rings. The number of aromatic nitrogens is 2. The number of rotatable bonds is 6. The summed E-state index contributed by atoms with van der Waals surface area (Å²) in [4.78, 5) is 25.7. The molecule has 2 fully saturated rings. The average Bonchev–Trinajstić information content (AvgIpc) is 3.46. The lowest BCUT2D eigenvalue weighted by Gasteiger charge is -2.28. The Bertz CT molecular complexity index is 1330. The highest BCUT2D eigenvalue weighted by molar-refractivity contribution is 5.94. The number of benzene rings is 2. The standard InChI is InChI=1S/C30H33FN4O4/c1-20(33-29(36)25-18-32-35(19-25)27-12-16-39-17-13-27)21-2-4-22(5-3-21)28(23-6-8-26(31)9-7-23)24-10-14-34(15-11-24)30(37)38/h2-9,18-20,27H,10-17H2,1H3,(H,33,36)(H,37,38)/t20-/m1/s1. The van der Waals surface area contributed by atoms with Crippen molar-refractivity contribution < 1.29 is 23.8 Å². The molecule has 9 heteroatoms. The van der Waals surface area contributed by atoms with Crippen molar-refractivity contribution in [1.29, 1.82) is 0 Å². The number of hydrogen-bond acceptors (Lipinski definition) is 4. The second kappa shape index (κ2) is 11.8. The van der Waals surface area contributed by atoms with E-state index in [0.29, 0.717) is 44.7 Å². The van der Waals surface area contributed by atoms with Crippen molar-refractivity contribution in [1.82, 2.24) is 20.0 Å². The third-order valence-corrected chi connectivity index (χ3v) is 7.60. The molecule has 2 aliphatic heterocycles. The molecule has 1 atom stereocenters. The highest BCUT2D eigenvalue weighted by Gasteiger charge is 2.23. The van der Waals surface area contributed by atoms with Gasteiger partial charge in [0.05, 0.1) is 23.8 Å². The van der Waals surface area contributed by atoms with Gasteiger partial charge in [-0.05, 0) is 67.0 Å². The fourth-order valence-electron chi connectivity index (χ4n) is 5.32. The molecule has 39 heavy (non-hydrogen) atoms. The lowest BCUT2D eigenvalue weighted by atomic mass is 9.88. The Balaban J connectivity index is 1.31. The summed E-state index contributed by atoms with van der Waals surface area (Å²) in [5.41, 5.74) is 5.50. The van der Waals surface area contributed by atoms with Crippen LogP contribution in [0.5, 0.6) is 0 Å². The molecule has 3 heterocycles. The van der Waals surface area contributed by atoms with E-state index in [4.69, 9.17) is 4.74 Å². The van der Waals surface area contributed by atoms with Crippen molar-refractivity contribution in [3.8, 4) is 0 Å². The van der Waals surface area contributed by atoms with Crippen LogP contribution in [0.1, 0.15) is 71.7 Å². The van der Waals surface area contributed by atoms with Gasteiger partial charge in [0, 0.05) is 32.5 Å². The molecule has 0 unspecified atom stereocenters. The van der Waals surface area contributed by atoms with Gasteiger partial charge >= 0.3 is 6.09 Å². The first-order valence-electron chi connectivity index (χ1n) is 13.4. The smallest absolute Gasteiger partial charge is 0.407 e. The Labute approximate surface area is 227 Å². The van der Waals surface area contributed by atoms with E-state index in [-0.39, 0.29) is 23.8 Å². The summed E-state index contributed by atoms with van der Waals surface area (Å²) >= 11 is 0. The number of likely N-dealkylation sites (tertiary alicyclic amines) is 1. The predicted octanol–water partition coefficient (Wildman–Crippen LogP) is 5.44. The van der Waals surface area contributed by atoms with Crippen LogP contribution in [0.3, 0.4) is 0 Å². The van der Waals surface area contributed by atoms with Crippen molar-refractivity contribution in [2.45, 2.75) is 44.7 Å². The minimum atomic E-state index is -0.909. The summed E-state index contributed by atoms with van der Waals surface area (Å²) in [5.74, 6) is -0.480. The van der Waals surface area contributed by atoms with E-state index in [1.807, 2.05) is 35.9 Å². The zero-order valence-corrected chi connectivity index (χ0v) is 22.0. The molecule has 0 spiro atoms. The lowest BCUT2D eigenvalue weighted by Crippen LogP contribution is -2.35. The van der Waals surface area contributed by atoms with E-state index in [9.17, 15) is 19.1 Å². The maximum absolute atomic E-state index is 13.7. The topological polar surface area (TPSA) is 96.7 Å². The molecular weight excluding hydrogens is 499 g/mol. The molecule has 2 aromatic carbocycles. The second-order valence-corrected chi connectivity index (χ2v) is 10.1. The first kappa shape index (κ1) is 26.6. The van der Waals surface area contributed by atoms with Gasteiger partial charge in [-0.2, -0.15) is 5.10 Å². The molecule has 1 aromatic heterocycles. The number of ether oxygens (including phenoxy) is 1. The summed E-state index contributed by atoms with van der Waals surface area (Å²) in [7, 11) is 0. The largest absolute Gasteiger partial charge is 0.465 e. The third kappa shape index (κ3) is 6.20. The number of nitrogens with zero attached hydrogens (tertiary/aromatic N) is 3. The number of carboxylic acid groups (broad SMARTS) is 1. The molecule has 2 N–H and O–H groups in total. The Morgan fingerprint density at radius 3 is 2.23 bits per heavy atom. The summed E-state index contributed by atoms with van der Waals surface area (Å²) in [6.45, 7) is 4.22. The minimum Gasteiger partial charge on any atom is -0.465 e. The quantitative estimate of drug-likeness (QED) is 0.441. The van der Waals surface area contributed by atoms with Crippen molar-refractivity contribution in [3.63, 3.8) is 0 Å². The number of amides is 2. The number of piperidine rings is 1. The molecule has 8 nitrogen and oxygen atoms in total. The van der Waals surface area contributed by atoms with Gasteiger partial charge in [0.25, 0.3) is 5.91 Å². The molecule has 0 saturated carbocycles. The number of carbonyl (C=O) groups is 2. The highest BCUT2D eigenvalue weighted by atomic mass is 19.1. The van der Waals surface area contributed by atoms with E-state index < -0.39 is 6.09 Å². The number of hydrogen-bond donors (Lipinski definition) is 2. The van der Waals surface area contributed by atoms with Crippen molar-refractivity contribution in [3.05, 3.63) is 94.6 Å². The van der Waals surface area contributed by atoms with Crippen molar-refractivity contribution >= 4 is 17.6 Å². The Morgan fingerprint density at radius 1 is 1.00 bits per heavy atom. The monoisotopic (exact) mass is 532 g/mol. The van der Waals surface area contributed by atoms with Crippen LogP contribution in [0.2, 0.25) is 0 Å². The summed E-state index contributed by atoms with van der Waals surface area (Å²) < 4.78 is 20.9. The SMILES string of the molecule is C[C@@H](NC(=O)c1cnn(C2CCOCC2)c1)c1ccc(C(=C2CCN(C(=O)O)CC2)c2ccc(F)cc2)cc1. The minimum absolute atomic E-state index is 0.177. The fraction of sp³-hybridized carbons (Fsp3) is 0.367. The first-order valence-corrected chi connectivity index (χ1v) is 13.4. The van der Waals surface area contributed by atoms with Crippen LogP contribution < -0.4 is 5.32 Å². The normalized spacial score (nSPS) is 17.1. The van der Waals surface area contributed by atoms with E-state index in [2.05, 4.69) is 10.4 Å². The number of carbonyl (C=O) groups excluding carboxylic acids is 1. The summed E-state index contributed by atoms with van der Waals surface area (Å²) in [6, 6.07) is 14.4. The summed E-state index contributed by atoms with van der Waals surface area (Å²) in [5, 5.41) is 16.8. The van der Waals surface area contributed by atoms with Crippen LogP contribution >= 0.6 is 0 Å². The van der Waals surface area contributed by atoms with Crippen LogP contribution in [0.25, 0.3) is 5.57 Å². The molecular formula is C30H33FN4O4. The van der Waals surface area contributed by atoms with E-state index in [0.717, 1.165) is 40.7 Å². The molecule has 0 radical (unpaired) electrons. The zero-order chi connectivity index (χ0) is 27.4. The fourth-order valence-corrected chi connectivity index (χ4v) is 5.32. The highest BCUT2D eigenvalue weighted by Crippen LogP contribution is 2.33. The van der Waals surface area contributed by atoms with Crippen LogP contribution in [-0.2, 0) is 4.74 Å². The Hall–Kier alpha value is -3.98. The maximum atomic E-state index is 13.7. The molecule has 2 aliphatic rings. The van der Waals surface area contributed by atoms with Gasteiger partial charge in [-0.1, -0.05) is 42.0 Å². The van der Waals surface area contributed by atoms with Crippen molar-refractivity contribution in [2.24, 2.45) is 0 Å². The van der Waals surface area contributed by atoms with Gasteiger partial charge in [-0.25, -0.2) is 9.18 Å². The van der Waals surface area contributed by atoms with Crippen LogP contribution in [0.15, 0.2) is 66.5 Å². The van der Waals surface area contributed by atoms with E-state index >= 15 is 0 Å².